The third-order valence-corrected chi connectivity index (χ3v) is 7.47. The van der Waals surface area contributed by atoms with E-state index in [9.17, 15) is 8.42 Å². The second kappa shape index (κ2) is 5.73. The standard InChI is InChI=1S/C13H21N3O3S2/c1-2-10-8(5-6-19-10)7-15-13-11(12(14)16-20-13)21(17,18)9-3-4-9/h8-10,15H,2-7H2,1H3,(H2,14,16). The van der Waals surface area contributed by atoms with Gasteiger partial charge in [-0.2, -0.15) is 4.37 Å². The van der Waals surface area contributed by atoms with E-state index >= 15 is 0 Å². The number of hydrogen-bond acceptors (Lipinski definition) is 7. The number of sulfone groups is 1. The van der Waals surface area contributed by atoms with Crippen molar-refractivity contribution >= 4 is 32.2 Å². The van der Waals surface area contributed by atoms with Crippen molar-refractivity contribution in [3.8, 4) is 0 Å². The average Bonchev–Trinajstić information content (AvgIpc) is 3.11. The number of aromatic nitrogens is 1. The summed E-state index contributed by atoms with van der Waals surface area (Å²) in [6.45, 7) is 3.59. The topological polar surface area (TPSA) is 94.3 Å². The fourth-order valence-electron chi connectivity index (χ4n) is 2.83. The molecule has 1 saturated carbocycles. The van der Waals surface area contributed by atoms with Gasteiger partial charge in [0.1, 0.15) is 9.90 Å². The Morgan fingerprint density at radius 3 is 2.86 bits per heavy atom. The molecule has 2 fully saturated rings. The van der Waals surface area contributed by atoms with Crippen molar-refractivity contribution in [2.75, 3.05) is 24.2 Å². The fraction of sp³-hybridized carbons (Fsp3) is 0.769. The Morgan fingerprint density at radius 2 is 2.19 bits per heavy atom. The highest BCUT2D eigenvalue weighted by molar-refractivity contribution is 7.92. The second-order valence-corrected chi connectivity index (χ2v) is 8.66. The van der Waals surface area contributed by atoms with E-state index in [2.05, 4.69) is 16.6 Å². The molecule has 1 saturated heterocycles. The Hall–Kier alpha value is -0.860. The molecule has 2 atom stereocenters. The summed E-state index contributed by atoms with van der Waals surface area (Å²) in [4.78, 5) is 0.210. The Balaban J connectivity index is 1.74. The van der Waals surface area contributed by atoms with Crippen LogP contribution in [-0.4, -0.2) is 37.3 Å². The largest absolute Gasteiger partial charge is 0.382 e. The van der Waals surface area contributed by atoms with Crippen LogP contribution in [0.15, 0.2) is 4.90 Å². The molecule has 1 aliphatic heterocycles. The van der Waals surface area contributed by atoms with Crippen LogP contribution in [0.25, 0.3) is 0 Å². The zero-order valence-corrected chi connectivity index (χ0v) is 13.7. The summed E-state index contributed by atoms with van der Waals surface area (Å²) < 4.78 is 34.6. The summed E-state index contributed by atoms with van der Waals surface area (Å²) in [7, 11) is -3.32. The molecule has 0 spiro atoms. The average molecular weight is 331 g/mol. The molecule has 118 valence electrons. The SMILES string of the molecule is CCC1OCCC1CNc1snc(N)c1S(=O)(=O)C1CC1. The van der Waals surface area contributed by atoms with Crippen LogP contribution in [0, 0.1) is 5.92 Å². The Labute approximate surface area is 129 Å². The van der Waals surface area contributed by atoms with Gasteiger partial charge in [0.25, 0.3) is 0 Å². The van der Waals surface area contributed by atoms with E-state index in [1.807, 2.05) is 0 Å². The van der Waals surface area contributed by atoms with Crippen LogP contribution in [0.3, 0.4) is 0 Å². The van der Waals surface area contributed by atoms with Crippen molar-refractivity contribution in [2.45, 2.75) is 48.9 Å². The van der Waals surface area contributed by atoms with Crippen molar-refractivity contribution in [1.29, 1.82) is 0 Å². The predicted octanol–water partition coefficient (Wildman–Crippen LogP) is 1.89. The number of nitrogen functional groups attached to an aromatic ring is 1. The minimum absolute atomic E-state index is 0.129. The predicted molar refractivity (Wildman–Crippen MR) is 83.4 cm³/mol. The molecule has 0 radical (unpaired) electrons. The number of anilines is 2. The molecule has 1 aromatic heterocycles. The summed E-state index contributed by atoms with van der Waals surface area (Å²) in [6.07, 6.45) is 3.69. The van der Waals surface area contributed by atoms with Gasteiger partial charge in [-0.05, 0) is 37.2 Å². The number of hydrogen-bond donors (Lipinski definition) is 2. The highest BCUT2D eigenvalue weighted by Gasteiger charge is 2.41. The number of ether oxygens (including phenoxy) is 1. The minimum atomic E-state index is -3.32. The first-order valence-corrected chi connectivity index (χ1v) is 9.70. The van der Waals surface area contributed by atoms with E-state index < -0.39 is 9.84 Å². The molecular formula is C13H21N3O3S2. The van der Waals surface area contributed by atoms with E-state index in [0.717, 1.165) is 43.8 Å². The van der Waals surface area contributed by atoms with Crippen LogP contribution in [0.4, 0.5) is 10.8 Å². The molecule has 3 rings (SSSR count). The monoisotopic (exact) mass is 331 g/mol. The smallest absolute Gasteiger partial charge is 0.187 e. The van der Waals surface area contributed by atoms with Crippen LogP contribution >= 0.6 is 11.5 Å². The van der Waals surface area contributed by atoms with Crippen molar-refractivity contribution < 1.29 is 13.2 Å². The van der Waals surface area contributed by atoms with E-state index in [-0.39, 0.29) is 22.1 Å². The van der Waals surface area contributed by atoms with Crippen molar-refractivity contribution in [1.82, 2.24) is 4.37 Å². The second-order valence-electron chi connectivity index (χ2n) is 5.72. The lowest BCUT2D eigenvalue weighted by Crippen LogP contribution is -2.23. The van der Waals surface area contributed by atoms with Crippen molar-refractivity contribution in [3.63, 3.8) is 0 Å². The Morgan fingerprint density at radius 1 is 1.43 bits per heavy atom. The van der Waals surface area contributed by atoms with Crippen molar-refractivity contribution in [3.05, 3.63) is 0 Å². The third kappa shape index (κ3) is 2.89. The van der Waals surface area contributed by atoms with E-state index in [0.29, 0.717) is 17.5 Å². The molecular weight excluding hydrogens is 310 g/mol. The zero-order valence-electron chi connectivity index (χ0n) is 12.0. The van der Waals surface area contributed by atoms with Gasteiger partial charge >= 0.3 is 0 Å². The first-order valence-electron chi connectivity index (χ1n) is 7.38. The van der Waals surface area contributed by atoms with E-state index in [1.54, 1.807) is 0 Å². The molecule has 2 unspecified atom stereocenters. The lowest BCUT2D eigenvalue weighted by molar-refractivity contribution is 0.0900. The van der Waals surface area contributed by atoms with Gasteiger partial charge in [-0.25, -0.2) is 8.42 Å². The van der Waals surface area contributed by atoms with E-state index in [1.165, 1.54) is 0 Å². The summed E-state index contributed by atoms with van der Waals surface area (Å²) in [5.74, 6) is 0.541. The molecule has 3 N–H and O–H groups in total. The molecule has 0 amide bonds. The fourth-order valence-corrected chi connectivity index (χ4v) is 5.72. The van der Waals surface area contributed by atoms with Crippen LogP contribution in [0.5, 0.6) is 0 Å². The van der Waals surface area contributed by atoms with Crippen molar-refractivity contribution in [2.24, 2.45) is 5.92 Å². The highest BCUT2D eigenvalue weighted by Crippen LogP contribution is 2.41. The summed E-state index contributed by atoms with van der Waals surface area (Å²) in [5.41, 5.74) is 5.79. The molecule has 2 aliphatic rings. The van der Waals surface area contributed by atoms with Crippen LogP contribution in [-0.2, 0) is 14.6 Å². The Bertz CT molecular complexity index is 610. The van der Waals surface area contributed by atoms with Crippen LogP contribution in [0.1, 0.15) is 32.6 Å². The molecule has 21 heavy (non-hydrogen) atoms. The summed E-state index contributed by atoms with van der Waals surface area (Å²) in [5, 5.41) is 3.56. The maximum absolute atomic E-state index is 12.4. The molecule has 8 heteroatoms. The van der Waals surface area contributed by atoms with Gasteiger partial charge in [0.2, 0.25) is 0 Å². The highest BCUT2D eigenvalue weighted by atomic mass is 32.2. The number of nitrogens with zero attached hydrogens (tertiary/aromatic N) is 1. The Kier molecular flexibility index (Phi) is 4.11. The van der Waals surface area contributed by atoms with E-state index in [4.69, 9.17) is 10.5 Å². The zero-order chi connectivity index (χ0) is 15.0. The lowest BCUT2D eigenvalue weighted by atomic mass is 10.00. The summed E-state index contributed by atoms with van der Waals surface area (Å²) in [6, 6.07) is 0. The molecule has 1 aromatic rings. The maximum atomic E-state index is 12.4. The van der Waals surface area contributed by atoms with Gasteiger partial charge in [-0.3, -0.25) is 0 Å². The van der Waals surface area contributed by atoms with Gasteiger partial charge in [0.05, 0.1) is 11.4 Å². The number of nitrogens with two attached hydrogens (primary N) is 1. The minimum Gasteiger partial charge on any atom is -0.382 e. The molecule has 2 heterocycles. The van der Waals surface area contributed by atoms with Gasteiger partial charge in [0, 0.05) is 19.1 Å². The molecule has 0 aromatic carbocycles. The lowest BCUT2D eigenvalue weighted by Gasteiger charge is -2.17. The van der Waals surface area contributed by atoms with Gasteiger partial charge in [-0.1, -0.05) is 6.92 Å². The number of rotatable bonds is 6. The first-order chi connectivity index (χ1) is 10.0. The molecule has 6 nitrogen and oxygen atoms in total. The molecule has 0 bridgehead atoms. The van der Waals surface area contributed by atoms with Crippen LogP contribution < -0.4 is 11.1 Å². The van der Waals surface area contributed by atoms with Gasteiger partial charge in [0.15, 0.2) is 15.7 Å². The van der Waals surface area contributed by atoms with Crippen LogP contribution in [0.2, 0.25) is 0 Å². The normalized spacial score (nSPS) is 26.1. The third-order valence-electron chi connectivity index (χ3n) is 4.20. The first kappa shape index (κ1) is 15.1. The molecule has 1 aliphatic carbocycles. The quantitative estimate of drug-likeness (QED) is 0.826. The number of nitrogens with one attached hydrogen (secondary N) is 1. The van der Waals surface area contributed by atoms with Gasteiger partial charge in [-0.15, -0.1) is 0 Å². The van der Waals surface area contributed by atoms with Gasteiger partial charge < -0.3 is 15.8 Å². The summed E-state index contributed by atoms with van der Waals surface area (Å²) >= 11 is 1.13. The maximum Gasteiger partial charge on any atom is 0.187 e.